The average Bonchev–Trinajstić information content (AvgIpc) is 2.53. The number of rotatable bonds is 6. The first-order chi connectivity index (χ1) is 12.3. The van der Waals surface area contributed by atoms with Crippen molar-refractivity contribution in [3.05, 3.63) is 57.8 Å². The van der Waals surface area contributed by atoms with Crippen LogP contribution >= 0.6 is 23.2 Å². The summed E-state index contributed by atoms with van der Waals surface area (Å²) in [4.78, 5) is 25.6. The highest BCUT2D eigenvalue weighted by Gasteiger charge is 2.14. The smallest absolute Gasteiger partial charge is 0.238 e. The van der Waals surface area contributed by atoms with Crippen molar-refractivity contribution < 1.29 is 14.0 Å². The Bertz CT molecular complexity index is 810. The summed E-state index contributed by atoms with van der Waals surface area (Å²) in [7, 11) is 1.60. The minimum Gasteiger partial charge on any atom is -0.322 e. The molecule has 0 heterocycles. The van der Waals surface area contributed by atoms with Crippen molar-refractivity contribution in [2.45, 2.75) is 6.92 Å². The zero-order chi connectivity index (χ0) is 19.3. The number of hydrogen-bond donors (Lipinski definition) is 2. The van der Waals surface area contributed by atoms with E-state index in [1.54, 1.807) is 38.2 Å². The van der Waals surface area contributed by atoms with Gasteiger partial charge in [0.05, 0.1) is 34.5 Å². The molecule has 0 aliphatic heterocycles. The fourth-order valence-electron chi connectivity index (χ4n) is 2.25. The Hall–Kier alpha value is -2.15. The SMILES string of the molecule is Cc1ccc(NC(=O)CN(C)CC(=O)Nc2c(Cl)cccc2Cl)c(F)c1. The number of nitrogens with one attached hydrogen (secondary N) is 2. The minimum atomic E-state index is -0.507. The molecule has 0 aliphatic rings. The van der Waals surface area contributed by atoms with E-state index in [0.29, 0.717) is 15.7 Å². The number of nitrogens with zero attached hydrogens (tertiary/aromatic N) is 1. The number of anilines is 2. The van der Waals surface area contributed by atoms with Gasteiger partial charge in [0.2, 0.25) is 11.8 Å². The van der Waals surface area contributed by atoms with Gasteiger partial charge in [0, 0.05) is 0 Å². The first kappa shape index (κ1) is 20.2. The van der Waals surface area contributed by atoms with Crippen molar-refractivity contribution in [1.29, 1.82) is 0 Å². The van der Waals surface area contributed by atoms with Crippen LogP contribution in [0, 0.1) is 12.7 Å². The maximum Gasteiger partial charge on any atom is 0.238 e. The van der Waals surface area contributed by atoms with Crippen LogP contribution in [0.4, 0.5) is 15.8 Å². The molecule has 0 unspecified atom stereocenters. The summed E-state index contributed by atoms with van der Waals surface area (Å²) in [6, 6.07) is 9.41. The van der Waals surface area contributed by atoms with Crippen LogP contribution in [0.1, 0.15) is 5.56 Å². The molecule has 0 radical (unpaired) electrons. The van der Waals surface area contributed by atoms with E-state index in [4.69, 9.17) is 23.2 Å². The van der Waals surface area contributed by atoms with Crippen LogP contribution in [-0.2, 0) is 9.59 Å². The lowest BCUT2D eigenvalue weighted by molar-refractivity contribution is -0.119. The Labute approximate surface area is 161 Å². The summed E-state index contributed by atoms with van der Waals surface area (Å²) in [5.41, 5.74) is 1.18. The monoisotopic (exact) mass is 397 g/mol. The number of aryl methyl sites for hydroxylation is 1. The molecule has 0 fully saturated rings. The Morgan fingerprint density at radius 2 is 1.62 bits per heavy atom. The Balaban J connectivity index is 1.88. The summed E-state index contributed by atoms with van der Waals surface area (Å²) in [6.45, 7) is 1.61. The van der Waals surface area contributed by atoms with Crippen molar-refractivity contribution in [3.8, 4) is 0 Å². The highest BCUT2D eigenvalue weighted by atomic mass is 35.5. The van der Waals surface area contributed by atoms with Crippen molar-refractivity contribution in [3.63, 3.8) is 0 Å². The van der Waals surface area contributed by atoms with Crippen LogP contribution in [0.25, 0.3) is 0 Å². The Kier molecular flexibility index (Phi) is 6.97. The first-order valence-corrected chi connectivity index (χ1v) is 8.50. The number of benzene rings is 2. The maximum absolute atomic E-state index is 13.8. The van der Waals surface area contributed by atoms with Gasteiger partial charge < -0.3 is 10.6 Å². The second-order valence-electron chi connectivity index (χ2n) is 5.85. The molecular formula is C18H18Cl2FN3O2. The number of likely N-dealkylation sites (N-methyl/N-ethyl adjacent to an activating group) is 1. The zero-order valence-corrected chi connectivity index (χ0v) is 15.8. The second kappa shape index (κ2) is 8.98. The van der Waals surface area contributed by atoms with E-state index in [-0.39, 0.29) is 24.7 Å². The van der Waals surface area contributed by atoms with Gasteiger partial charge in [-0.05, 0) is 43.8 Å². The third-order valence-electron chi connectivity index (χ3n) is 3.45. The van der Waals surface area contributed by atoms with Crippen LogP contribution in [0.2, 0.25) is 10.0 Å². The molecule has 2 amide bonds. The van der Waals surface area contributed by atoms with E-state index in [9.17, 15) is 14.0 Å². The van der Waals surface area contributed by atoms with Crippen LogP contribution in [0.15, 0.2) is 36.4 Å². The standard InChI is InChI=1S/C18H18Cl2FN3O2/c1-11-6-7-15(14(21)8-11)22-16(25)9-24(2)10-17(26)23-18-12(19)4-3-5-13(18)20/h3-8H,9-10H2,1-2H3,(H,22,25)(H,23,26). The van der Waals surface area contributed by atoms with Gasteiger partial charge in [0.15, 0.2) is 0 Å². The fourth-order valence-corrected chi connectivity index (χ4v) is 2.75. The van der Waals surface area contributed by atoms with Gasteiger partial charge in [-0.25, -0.2) is 4.39 Å². The summed E-state index contributed by atoms with van der Waals surface area (Å²) in [6.07, 6.45) is 0. The molecule has 26 heavy (non-hydrogen) atoms. The van der Waals surface area contributed by atoms with E-state index >= 15 is 0 Å². The molecule has 0 atom stereocenters. The lowest BCUT2D eigenvalue weighted by atomic mass is 10.2. The van der Waals surface area contributed by atoms with E-state index in [1.165, 1.54) is 17.0 Å². The molecule has 5 nitrogen and oxygen atoms in total. The van der Waals surface area contributed by atoms with Gasteiger partial charge in [-0.15, -0.1) is 0 Å². The van der Waals surface area contributed by atoms with Crippen molar-refractivity contribution >= 4 is 46.4 Å². The molecule has 2 N–H and O–H groups in total. The van der Waals surface area contributed by atoms with Crippen molar-refractivity contribution in [2.24, 2.45) is 0 Å². The molecule has 0 spiro atoms. The lowest BCUT2D eigenvalue weighted by Crippen LogP contribution is -2.36. The predicted molar refractivity (Wildman–Crippen MR) is 102 cm³/mol. The average molecular weight is 398 g/mol. The predicted octanol–water partition coefficient (Wildman–Crippen LogP) is 3.95. The molecule has 0 aromatic heterocycles. The molecule has 0 aliphatic carbocycles. The third-order valence-corrected chi connectivity index (χ3v) is 4.08. The molecule has 0 saturated carbocycles. The molecule has 0 saturated heterocycles. The molecule has 138 valence electrons. The molecule has 8 heteroatoms. The third kappa shape index (κ3) is 5.69. The van der Waals surface area contributed by atoms with Crippen LogP contribution < -0.4 is 10.6 Å². The van der Waals surface area contributed by atoms with Crippen molar-refractivity contribution in [1.82, 2.24) is 4.90 Å². The van der Waals surface area contributed by atoms with Gasteiger partial charge >= 0.3 is 0 Å². The normalized spacial score (nSPS) is 10.7. The number of carbonyl (C=O) groups excluding carboxylic acids is 2. The van der Waals surface area contributed by atoms with E-state index in [1.807, 2.05) is 0 Å². The van der Waals surface area contributed by atoms with E-state index in [2.05, 4.69) is 10.6 Å². The summed E-state index contributed by atoms with van der Waals surface area (Å²) in [5, 5.41) is 5.73. The topological polar surface area (TPSA) is 61.4 Å². The van der Waals surface area contributed by atoms with Crippen LogP contribution in [0.5, 0.6) is 0 Å². The Morgan fingerprint density at radius 3 is 2.19 bits per heavy atom. The van der Waals surface area contributed by atoms with Gasteiger partial charge in [-0.1, -0.05) is 35.3 Å². The summed E-state index contributed by atoms with van der Waals surface area (Å²) >= 11 is 12.0. The number of carbonyl (C=O) groups is 2. The largest absolute Gasteiger partial charge is 0.322 e. The Morgan fingerprint density at radius 1 is 1.04 bits per heavy atom. The minimum absolute atomic E-state index is 0.0641. The number of amides is 2. The molecular weight excluding hydrogens is 380 g/mol. The molecule has 2 rings (SSSR count). The highest BCUT2D eigenvalue weighted by molar-refractivity contribution is 6.39. The van der Waals surface area contributed by atoms with Crippen LogP contribution in [-0.4, -0.2) is 36.9 Å². The summed E-state index contributed by atoms with van der Waals surface area (Å²) < 4.78 is 13.8. The van der Waals surface area contributed by atoms with Gasteiger partial charge in [0.25, 0.3) is 0 Å². The highest BCUT2D eigenvalue weighted by Crippen LogP contribution is 2.29. The van der Waals surface area contributed by atoms with Crippen LogP contribution in [0.3, 0.4) is 0 Å². The maximum atomic E-state index is 13.8. The zero-order valence-electron chi connectivity index (χ0n) is 14.3. The van der Waals surface area contributed by atoms with Gasteiger partial charge in [0.1, 0.15) is 5.82 Å². The molecule has 0 bridgehead atoms. The number of halogens is 3. The molecule has 2 aromatic carbocycles. The van der Waals surface area contributed by atoms with E-state index in [0.717, 1.165) is 5.56 Å². The lowest BCUT2D eigenvalue weighted by Gasteiger charge is -2.17. The number of hydrogen-bond acceptors (Lipinski definition) is 3. The van der Waals surface area contributed by atoms with Crippen molar-refractivity contribution in [2.75, 3.05) is 30.8 Å². The number of para-hydroxylation sites is 1. The quantitative estimate of drug-likeness (QED) is 0.775. The van der Waals surface area contributed by atoms with E-state index < -0.39 is 11.7 Å². The molecule has 2 aromatic rings. The first-order valence-electron chi connectivity index (χ1n) is 7.74. The van der Waals surface area contributed by atoms with Gasteiger partial charge in [-0.2, -0.15) is 0 Å². The second-order valence-corrected chi connectivity index (χ2v) is 6.66. The van der Waals surface area contributed by atoms with Gasteiger partial charge in [-0.3, -0.25) is 14.5 Å². The summed E-state index contributed by atoms with van der Waals surface area (Å²) in [5.74, 6) is -1.32. The fraction of sp³-hybridized carbons (Fsp3) is 0.222.